The second-order valence-corrected chi connectivity index (χ2v) is 7.01. The molecular weight excluding hydrogens is 426 g/mol. The van der Waals surface area contributed by atoms with Crippen molar-refractivity contribution in [2.45, 2.75) is 0 Å². The van der Waals surface area contributed by atoms with Crippen molar-refractivity contribution >= 4 is 47.0 Å². The van der Waals surface area contributed by atoms with Crippen LogP contribution in [0.1, 0.15) is 5.56 Å². The number of halogens is 1. The van der Waals surface area contributed by atoms with Crippen LogP contribution in [0.15, 0.2) is 84.0 Å². The summed E-state index contributed by atoms with van der Waals surface area (Å²) < 4.78 is 5.20. The highest BCUT2D eigenvalue weighted by Crippen LogP contribution is 2.20. The summed E-state index contributed by atoms with van der Waals surface area (Å²) >= 11 is 5.92. The molecule has 0 aliphatic heterocycles. The van der Waals surface area contributed by atoms with E-state index >= 15 is 0 Å². The van der Waals surface area contributed by atoms with Crippen molar-refractivity contribution in [2.75, 3.05) is 23.2 Å². The maximum absolute atomic E-state index is 5.92. The lowest BCUT2D eigenvalue weighted by Crippen LogP contribution is -2.07. The third-order valence-electron chi connectivity index (χ3n) is 4.26. The van der Waals surface area contributed by atoms with Crippen LogP contribution >= 0.6 is 11.6 Å². The molecule has 0 fully saturated rings. The maximum atomic E-state index is 5.92. The number of hydrazone groups is 1. The summed E-state index contributed by atoms with van der Waals surface area (Å²) in [5.41, 5.74) is 5.39. The normalized spacial score (nSPS) is 10.7. The van der Waals surface area contributed by atoms with Gasteiger partial charge in [-0.05, 0) is 54.1 Å². The molecule has 0 saturated heterocycles. The van der Waals surface area contributed by atoms with Crippen molar-refractivity contribution < 1.29 is 4.74 Å². The molecule has 160 valence electrons. The molecule has 0 amide bonds. The monoisotopic (exact) mass is 445 g/mol. The molecule has 0 spiro atoms. The number of hydrogen-bond donors (Lipinski definition) is 3. The van der Waals surface area contributed by atoms with Gasteiger partial charge in [-0.2, -0.15) is 20.1 Å². The first-order chi connectivity index (χ1) is 15.7. The van der Waals surface area contributed by atoms with E-state index in [1.54, 1.807) is 25.5 Å². The molecule has 32 heavy (non-hydrogen) atoms. The molecule has 0 radical (unpaired) electrons. The van der Waals surface area contributed by atoms with Crippen LogP contribution in [-0.4, -0.2) is 28.3 Å². The molecule has 1 aromatic heterocycles. The van der Waals surface area contributed by atoms with Crippen LogP contribution in [0.3, 0.4) is 0 Å². The molecular formula is C23H20ClN7O. The number of anilines is 5. The lowest BCUT2D eigenvalue weighted by atomic mass is 10.2. The van der Waals surface area contributed by atoms with Gasteiger partial charge in [0.25, 0.3) is 0 Å². The Labute approximate surface area is 190 Å². The predicted molar refractivity (Wildman–Crippen MR) is 128 cm³/mol. The van der Waals surface area contributed by atoms with Gasteiger partial charge in [0.05, 0.1) is 13.3 Å². The van der Waals surface area contributed by atoms with Gasteiger partial charge in [0, 0.05) is 16.4 Å². The number of rotatable bonds is 8. The summed E-state index contributed by atoms with van der Waals surface area (Å²) in [6, 6.07) is 24.4. The fraction of sp³-hybridized carbons (Fsp3) is 0.0435. The number of hydrogen-bond acceptors (Lipinski definition) is 8. The molecule has 0 bridgehead atoms. The Kier molecular flexibility index (Phi) is 6.74. The number of ether oxygens (including phenoxy) is 1. The third kappa shape index (κ3) is 5.93. The van der Waals surface area contributed by atoms with Gasteiger partial charge in [0.2, 0.25) is 17.8 Å². The summed E-state index contributed by atoms with van der Waals surface area (Å²) in [4.78, 5) is 13.3. The second-order valence-electron chi connectivity index (χ2n) is 6.57. The Morgan fingerprint density at radius 3 is 1.97 bits per heavy atom. The summed E-state index contributed by atoms with van der Waals surface area (Å²) in [6.45, 7) is 0. The van der Waals surface area contributed by atoms with E-state index in [-0.39, 0.29) is 5.95 Å². The standard InChI is InChI=1S/C23H20ClN7O/c1-32-20-13-11-19(12-14-20)27-22-28-21(26-18-5-3-2-4-6-18)29-23(30-22)31-25-15-16-7-9-17(24)10-8-16/h2-15H,1H3,(H3,26,27,28,29,30,31)/b25-15+. The number of nitrogens with zero attached hydrogens (tertiary/aromatic N) is 4. The van der Waals surface area contributed by atoms with E-state index in [9.17, 15) is 0 Å². The second kappa shape index (κ2) is 10.2. The van der Waals surface area contributed by atoms with Crippen LogP contribution in [0.5, 0.6) is 5.75 Å². The molecule has 0 unspecified atom stereocenters. The summed E-state index contributed by atoms with van der Waals surface area (Å²) in [6.07, 6.45) is 1.65. The molecule has 4 rings (SSSR count). The minimum absolute atomic E-state index is 0.277. The molecule has 3 N–H and O–H groups in total. The van der Waals surface area contributed by atoms with E-state index in [4.69, 9.17) is 16.3 Å². The average Bonchev–Trinajstić information content (AvgIpc) is 2.81. The van der Waals surface area contributed by atoms with Crippen molar-refractivity contribution in [1.82, 2.24) is 15.0 Å². The highest BCUT2D eigenvalue weighted by atomic mass is 35.5. The van der Waals surface area contributed by atoms with Crippen LogP contribution in [0, 0.1) is 0 Å². The third-order valence-corrected chi connectivity index (χ3v) is 4.51. The highest BCUT2D eigenvalue weighted by Gasteiger charge is 2.08. The fourth-order valence-corrected chi connectivity index (χ4v) is 2.83. The number of nitrogens with one attached hydrogen (secondary N) is 3. The van der Waals surface area contributed by atoms with Gasteiger partial charge in [0.1, 0.15) is 5.75 Å². The summed E-state index contributed by atoms with van der Waals surface area (Å²) in [7, 11) is 1.62. The maximum Gasteiger partial charge on any atom is 0.250 e. The first-order valence-electron chi connectivity index (χ1n) is 9.72. The van der Waals surface area contributed by atoms with Crippen molar-refractivity contribution in [3.05, 3.63) is 89.4 Å². The number of aromatic nitrogens is 3. The topological polar surface area (TPSA) is 96.4 Å². The largest absolute Gasteiger partial charge is 0.497 e. The molecule has 0 saturated carbocycles. The van der Waals surface area contributed by atoms with Crippen molar-refractivity contribution in [1.29, 1.82) is 0 Å². The molecule has 0 atom stereocenters. The van der Waals surface area contributed by atoms with Gasteiger partial charge >= 0.3 is 0 Å². The Hall–Kier alpha value is -4.17. The first-order valence-corrected chi connectivity index (χ1v) is 10.1. The lowest BCUT2D eigenvalue weighted by molar-refractivity contribution is 0.415. The van der Waals surface area contributed by atoms with Crippen molar-refractivity contribution in [3.8, 4) is 5.75 Å². The molecule has 9 heteroatoms. The van der Waals surface area contributed by atoms with Crippen molar-refractivity contribution in [3.63, 3.8) is 0 Å². The Morgan fingerprint density at radius 2 is 1.34 bits per heavy atom. The molecule has 0 aliphatic rings. The van der Waals surface area contributed by atoms with Crippen molar-refractivity contribution in [2.24, 2.45) is 5.10 Å². The molecule has 8 nitrogen and oxygen atoms in total. The van der Waals surface area contributed by atoms with Gasteiger partial charge in [0.15, 0.2) is 0 Å². The van der Waals surface area contributed by atoms with Crippen LogP contribution in [0.4, 0.5) is 29.2 Å². The Balaban J connectivity index is 1.56. The van der Waals surface area contributed by atoms with E-state index in [1.165, 1.54) is 0 Å². The molecule has 4 aromatic rings. The van der Waals surface area contributed by atoms with Gasteiger partial charge in [-0.15, -0.1) is 0 Å². The van der Waals surface area contributed by atoms with Gasteiger partial charge in [-0.25, -0.2) is 5.43 Å². The molecule has 0 aliphatic carbocycles. The highest BCUT2D eigenvalue weighted by molar-refractivity contribution is 6.30. The van der Waals surface area contributed by atoms with Crippen LogP contribution in [-0.2, 0) is 0 Å². The fourth-order valence-electron chi connectivity index (χ4n) is 2.71. The number of methoxy groups -OCH3 is 1. The average molecular weight is 446 g/mol. The molecule has 3 aromatic carbocycles. The van der Waals surface area contributed by atoms with E-state index in [0.29, 0.717) is 16.9 Å². The Morgan fingerprint density at radius 1 is 0.750 bits per heavy atom. The van der Waals surface area contributed by atoms with E-state index in [0.717, 1.165) is 22.7 Å². The van der Waals surface area contributed by atoms with Crippen LogP contribution < -0.4 is 20.8 Å². The van der Waals surface area contributed by atoms with E-state index in [2.05, 4.69) is 36.1 Å². The van der Waals surface area contributed by atoms with E-state index < -0.39 is 0 Å². The quantitative estimate of drug-likeness (QED) is 0.244. The summed E-state index contributed by atoms with van der Waals surface area (Å²) in [5.74, 6) is 1.76. The van der Waals surface area contributed by atoms with Crippen LogP contribution in [0.2, 0.25) is 5.02 Å². The SMILES string of the molecule is COc1ccc(Nc2nc(N/N=C/c3ccc(Cl)cc3)nc(Nc3ccccc3)n2)cc1. The van der Waals surface area contributed by atoms with Gasteiger partial charge in [-0.3, -0.25) is 0 Å². The minimum Gasteiger partial charge on any atom is -0.497 e. The number of benzene rings is 3. The zero-order valence-electron chi connectivity index (χ0n) is 17.2. The van der Waals surface area contributed by atoms with Gasteiger partial charge < -0.3 is 15.4 Å². The van der Waals surface area contributed by atoms with E-state index in [1.807, 2.05) is 66.7 Å². The Bertz CT molecular complexity index is 1180. The zero-order chi connectivity index (χ0) is 22.2. The predicted octanol–water partition coefficient (Wildman–Crippen LogP) is 5.47. The van der Waals surface area contributed by atoms with Gasteiger partial charge in [-0.1, -0.05) is 41.9 Å². The minimum atomic E-state index is 0.277. The molecule has 1 heterocycles. The lowest BCUT2D eigenvalue weighted by Gasteiger charge is -2.10. The first kappa shape index (κ1) is 21.1. The smallest absolute Gasteiger partial charge is 0.250 e. The number of para-hydroxylation sites is 1. The van der Waals surface area contributed by atoms with Crippen LogP contribution in [0.25, 0.3) is 0 Å². The zero-order valence-corrected chi connectivity index (χ0v) is 17.9. The summed E-state index contributed by atoms with van der Waals surface area (Å²) in [5, 5.41) is 11.2.